The average Bonchev–Trinajstić information content (AvgIpc) is 1.93. The summed E-state index contributed by atoms with van der Waals surface area (Å²) in [5, 5.41) is 1.57. The van der Waals surface area contributed by atoms with Gasteiger partial charge in [0.05, 0.1) is 0 Å². The fourth-order valence-corrected chi connectivity index (χ4v) is 1.90. The maximum atomic E-state index is 7.30. The van der Waals surface area contributed by atoms with Crippen LogP contribution >= 0.6 is 0 Å². The maximum Gasteiger partial charge on any atom is -0.0171 e. The summed E-state index contributed by atoms with van der Waals surface area (Å²) in [5.41, 5.74) is 0. The summed E-state index contributed by atoms with van der Waals surface area (Å²) in [6.45, 7) is 3.30. The third-order valence-corrected chi connectivity index (χ3v) is 2.67. The largest absolute Gasteiger partial charge is 0.610 e. The second kappa shape index (κ2) is 4.07. The average molecular weight is 155 g/mol. The van der Waals surface area contributed by atoms with E-state index in [0.717, 1.165) is 18.4 Å². The molecule has 11 heavy (non-hydrogen) atoms. The summed E-state index contributed by atoms with van der Waals surface area (Å²) in [4.78, 5) is 0. The van der Waals surface area contributed by atoms with Gasteiger partial charge in [-0.1, -0.05) is 19.8 Å². The number of hydrogen-bond donors (Lipinski definition) is 0. The van der Waals surface area contributed by atoms with Gasteiger partial charge in [0.15, 0.2) is 0 Å². The molecule has 0 amide bonds. The van der Waals surface area contributed by atoms with E-state index in [1.165, 1.54) is 25.7 Å². The van der Waals surface area contributed by atoms with E-state index in [-0.39, 0.29) is 0 Å². The van der Waals surface area contributed by atoms with Gasteiger partial charge in [-0.15, -0.1) is 0 Å². The van der Waals surface area contributed by atoms with Crippen LogP contribution in [0.25, 0.3) is 5.84 Å². The van der Waals surface area contributed by atoms with Crippen LogP contribution < -0.4 is 0 Å². The highest BCUT2D eigenvalue weighted by atomic mass is 15.4. The Morgan fingerprint density at radius 3 is 2.27 bits per heavy atom. The Morgan fingerprint density at radius 2 is 1.82 bits per heavy atom. The van der Waals surface area contributed by atoms with Crippen LogP contribution in [0, 0.1) is 11.8 Å². The van der Waals surface area contributed by atoms with Crippen molar-refractivity contribution in [1.82, 2.24) is 5.01 Å². The Labute approximate surface area is 69.7 Å². The molecular formula is C9H19N2-. The van der Waals surface area contributed by atoms with E-state index in [1.54, 1.807) is 5.01 Å². The lowest BCUT2D eigenvalue weighted by molar-refractivity contribution is 0.243. The molecule has 2 heteroatoms. The Balaban J connectivity index is 2.17. The van der Waals surface area contributed by atoms with Gasteiger partial charge in [0, 0.05) is 0 Å². The van der Waals surface area contributed by atoms with Crippen LogP contribution in [0.15, 0.2) is 0 Å². The molecule has 0 atom stereocenters. The lowest BCUT2D eigenvalue weighted by atomic mass is 9.83. The molecule has 0 heterocycles. The van der Waals surface area contributed by atoms with Crippen molar-refractivity contribution >= 4 is 0 Å². The van der Waals surface area contributed by atoms with E-state index >= 15 is 0 Å². The lowest BCUT2D eigenvalue weighted by Crippen LogP contribution is -2.23. The minimum absolute atomic E-state index is 0.800. The molecule has 1 aliphatic rings. The minimum Gasteiger partial charge on any atom is -0.610 e. The van der Waals surface area contributed by atoms with Crippen LogP contribution in [0.2, 0.25) is 0 Å². The zero-order chi connectivity index (χ0) is 8.27. The Hall–Kier alpha value is -0.0800. The summed E-state index contributed by atoms with van der Waals surface area (Å²) >= 11 is 0. The Morgan fingerprint density at radius 1 is 1.27 bits per heavy atom. The molecule has 0 bridgehead atoms. The van der Waals surface area contributed by atoms with E-state index in [1.807, 2.05) is 7.05 Å². The molecule has 2 nitrogen and oxygen atoms in total. The first-order chi connectivity index (χ1) is 5.18. The van der Waals surface area contributed by atoms with E-state index in [9.17, 15) is 0 Å². The predicted octanol–water partition coefficient (Wildman–Crippen LogP) is 2.71. The molecule has 1 N–H and O–H groups in total. The molecule has 0 unspecified atom stereocenters. The first-order valence-electron chi connectivity index (χ1n) is 4.61. The van der Waals surface area contributed by atoms with Gasteiger partial charge in [0.1, 0.15) is 0 Å². The lowest BCUT2D eigenvalue weighted by Gasteiger charge is -2.31. The van der Waals surface area contributed by atoms with E-state index in [2.05, 4.69) is 6.92 Å². The summed E-state index contributed by atoms with van der Waals surface area (Å²) in [6, 6.07) is 0. The summed E-state index contributed by atoms with van der Waals surface area (Å²) in [5.74, 6) is 9.03. The van der Waals surface area contributed by atoms with Crippen LogP contribution in [-0.2, 0) is 0 Å². The molecule has 66 valence electrons. The molecular weight excluding hydrogens is 136 g/mol. The fourth-order valence-electron chi connectivity index (χ4n) is 1.90. The van der Waals surface area contributed by atoms with Gasteiger partial charge in [-0.3, -0.25) is 0 Å². The van der Waals surface area contributed by atoms with Gasteiger partial charge in [-0.2, -0.15) is 0 Å². The zero-order valence-corrected chi connectivity index (χ0v) is 7.64. The first-order valence-corrected chi connectivity index (χ1v) is 4.61. The summed E-state index contributed by atoms with van der Waals surface area (Å²) in [6.07, 6.45) is 5.42. The highest BCUT2D eigenvalue weighted by Gasteiger charge is 2.17. The molecule has 1 rings (SSSR count). The molecule has 0 aromatic carbocycles. The highest BCUT2D eigenvalue weighted by Crippen LogP contribution is 2.28. The van der Waals surface area contributed by atoms with Gasteiger partial charge in [0.2, 0.25) is 0 Å². The van der Waals surface area contributed by atoms with Crippen molar-refractivity contribution in [2.75, 3.05) is 13.6 Å². The molecule has 0 aromatic heterocycles. The van der Waals surface area contributed by atoms with Crippen molar-refractivity contribution < 1.29 is 0 Å². The summed E-state index contributed by atoms with van der Waals surface area (Å²) in [7, 11) is 1.85. The second-order valence-electron chi connectivity index (χ2n) is 4.01. The quantitative estimate of drug-likeness (QED) is 0.563. The molecule has 0 aromatic rings. The van der Waals surface area contributed by atoms with Gasteiger partial charge in [-0.25, -0.2) is 0 Å². The second-order valence-corrected chi connectivity index (χ2v) is 4.01. The van der Waals surface area contributed by atoms with Crippen molar-refractivity contribution in [2.45, 2.75) is 32.6 Å². The van der Waals surface area contributed by atoms with Crippen LogP contribution in [0.1, 0.15) is 32.6 Å². The van der Waals surface area contributed by atoms with Crippen LogP contribution in [0.3, 0.4) is 0 Å². The van der Waals surface area contributed by atoms with E-state index in [4.69, 9.17) is 5.84 Å². The van der Waals surface area contributed by atoms with Gasteiger partial charge in [0.25, 0.3) is 0 Å². The smallest absolute Gasteiger partial charge is 0.0171 e. The van der Waals surface area contributed by atoms with Crippen LogP contribution in [-0.4, -0.2) is 18.6 Å². The summed E-state index contributed by atoms with van der Waals surface area (Å²) < 4.78 is 0. The number of hydrogen-bond acceptors (Lipinski definition) is 1. The molecule has 1 fully saturated rings. The van der Waals surface area contributed by atoms with Crippen molar-refractivity contribution in [3.05, 3.63) is 5.84 Å². The SMILES string of the molecule is CC1CCC(CN(C)[NH-])CC1. The van der Waals surface area contributed by atoms with E-state index < -0.39 is 0 Å². The van der Waals surface area contributed by atoms with Crippen LogP contribution in [0.4, 0.5) is 0 Å². The number of nitrogens with one attached hydrogen (secondary N) is 1. The first kappa shape index (κ1) is 9.01. The monoisotopic (exact) mass is 155 g/mol. The van der Waals surface area contributed by atoms with Crippen molar-refractivity contribution in [2.24, 2.45) is 11.8 Å². The topological polar surface area (TPSA) is 27.0 Å². The van der Waals surface area contributed by atoms with Crippen molar-refractivity contribution in [1.29, 1.82) is 0 Å². The van der Waals surface area contributed by atoms with Crippen LogP contribution in [0.5, 0.6) is 0 Å². The van der Waals surface area contributed by atoms with Gasteiger partial charge >= 0.3 is 0 Å². The van der Waals surface area contributed by atoms with Crippen molar-refractivity contribution in [3.8, 4) is 0 Å². The molecule has 0 aliphatic heterocycles. The Bertz CT molecular complexity index is 104. The minimum atomic E-state index is 0.800. The van der Waals surface area contributed by atoms with Crippen molar-refractivity contribution in [3.63, 3.8) is 0 Å². The zero-order valence-electron chi connectivity index (χ0n) is 7.64. The fraction of sp³-hybridized carbons (Fsp3) is 1.00. The van der Waals surface area contributed by atoms with E-state index in [0.29, 0.717) is 0 Å². The standard InChI is InChI=1S/C9H19N2/c1-8-3-5-9(6-4-8)7-11(2)10/h8-10H,3-7H2,1-2H3/q-1. The third-order valence-electron chi connectivity index (χ3n) is 2.67. The molecule has 0 saturated heterocycles. The molecule has 1 aliphatic carbocycles. The third kappa shape index (κ3) is 3.21. The molecule has 0 radical (unpaired) electrons. The number of nitrogens with zero attached hydrogens (tertiary/aromatic N) is 1. The number of rotatable bonds is 2. The van der Waals surface area contributed by atoms with Gasteiger partial charge < -0.3 is 10.9 Å². The highest BCUT2D eigenvalue weighted by molar-refractivity contribution is 4.72. The maximum absolute atomic E-state index is 7.30. The predicted molar refractivity (Wildman–Crippen MR) is 48.1 cm³/mol. The molecule has 1 saturated carbocycles. The van der Waals surface area contributed by atoms with Gasteiger partial charge in [-0.05, 0) is 38.3 Å². The normalized spacial score (nSPS) is 32.7. The Kier molecular flexibility index (Phi) is 3.34. The molecule has 0 spiro atoms.